The Labute approximate surface area is 179 Å². The number of benzene rings is 2. The molecule has 3 N–H and O–H groups in total. The topological polar surface area (TPSA) is 117 Å². The number of rotatable bonds is 6. The summed E-state index contributed by atoms with van der Waals surface area (Å²) in [4.78, 5) is 28.4. The molecular weight excluding hydrogens is 424 g/mol. The first-order valence-corrected chi connectivity index (χ1v) is 9.16. The highest BCUT2D eigenvalue weighted by molar-refractivity contribution is 6.14. The molecule has 2 heterocycles. The molecule has 2 amide bonds. The van der Waals surface area contributed by atoms with Crippen molar-refractivity contribution < 1.29 is 32.3 Å². The maximum absolute atomic E-state index is 13.7. The Hall–Kier alpha value is -4.47. The number of nitrogens with two attached hydrogens (primary N) is 1. The molecule has 4 aromatic rings. The van der Waals surface area contributed by atoms with Crippen molar-refractivity contribution in [3.63, 3.8) is 0 Å². The summed E-state index contributed by atoms with van der Waals surface area (Å²) in [5.74, 6) is -2.41. The minimum absolute atomic E-state index is 0.0478. The van der Waals surface area contributed by atoms with Crippen molar-refractivity contribution in [2.24, 2.45) is 5.73 Å². The number of methoxy groups -OCH3 is 1. The number of nitrogens with one attached hydrogen (secondary N) is 1. The maximum atomic E-state index is 13.7. The Balaban J connectivity index is 1.57. The minimum atomic E-state index is -0.924. The van der Waals surface area contributed by atoms with Crippen LogP contribution >= 0.6 is 0 Å². The van der Waals surface area contributed by atoms with Crippen LogP contribution in [0.25, 0.3) is 11.0 Å². The lowest BCUT2D eigenvalue weighted by molar-refractivity contribution is 0.0977. The second kappa shape index (κ2) is 8.34. The Morgan fingerprint density at radius 1 is 1.03 bits per heavy atom. The molecule has 0 aliphatic heterocycles. The van der Waals surface area contributed by atoms with Crippen molar-refractivity contribution in [3.8, 4) is 17.4 Å². The maximum Gasteiger partial charge on any atom is 0.286 e. The second-order valence-electron chi connectivity index (χ2n) is 6.55. The predicted molar refractivity (Wildman–Crippen MR) is 110 cm³/mol. The van der Waals surface area contributed by atoms with Crippen LogP contribution in [0, 0.1) is 11.6 Å². The monoisotopic (exact) mass is 439 g/mol. The van der Waals surface area contributed by atoms with E-state index in [0.717, 1.165) is 18.2 Å². The molecule has 0 fully saturated rings. The van der Waals surface area contributed by atoms with Gasteiger partial charge in [0.05, 0.1) is 12.7 Å². The van der Waals surface area contributed by atoms with E-state index in [1.807, 2.05) is 0 Å². The van der Waals surface area contributed by atoms with Crippen molar-refractivity contribution in [2.75, 3.05) is 12.4 Å². The van der Waals surface area contributed by atoms with Crippen molar-refractivity contribution in [2.45, 2.75) is 0 Å². The fourth-order valence-electron chi connectivity index (χ4n) is 2.97. The third-order valence-electron chi connectivity index (χ3n) is 4.45. The van der Waals surface area contributed by atoms with Crippen LogP contribution in [-0.4, -0.2) is 23.9 Å². The van der Waals surface area contributed by atoms with E-state index in [4.69, 9.17) is 19.6 Å². The van der Waals surface area contributed by atoms with E-state index in [1.54, 1.807) is 0 Å². The zero-order chi connectivity index (χ0) is 22.8. The quantitative estimate of drug-likeness (QED) is 0.464. The number of hydrogen-bond acceptors (Lipinski definition) is 6. The number of amides is 2. The van der Waals surface area contributed by atoms with Gasteiger partial charge in [-0.1, -0.05) is 0 Å². The number of carbonyl (C=O) groups is 2. The van der Waals surface area contributed by atoms with Crippen molar-refractivity contribution >= 4 is 28.5 Å². The Kier molecular flexibility index (Phi) is 5.42. The van der Waals surface area contributed by atoms with Gasteiger partial charge in [-0.15, -0.1) is 0 Å². The molecule has 2 aromatic carbocycles. The molecule has 0 spiro atoms. The van der Waals surface area contributed by atoms with Crippen LogP contribution in [0.2, 0.25) is 0 Å². The molecule has 32 heavy (non-hydrogen) atoms. The zero-order valence-electron chi connectivity index (χ0n) is 16.5. The van der Waals surface area contributed by atoms with Crippen molar-refractivity contribution in [1.29, 1.82) is 0 Å². The lowest BCUT2D eigenvalue weighted by atomic mass is 10.2. The molecule has 162 valence electrons. The molecule has 0 atom stereocenters. The fourth-order valence-corrected chi connectivity index (χ4v) is 2.97. The first kappa shape index (κ1) is 20.8. The third kappa shape index (κ3) is 4.06. The smallest absolute Gasteiger partial charge is 0.286 e. The molecule has 0 saturated heterocycles. The summed E-state index contributed by atoms with van der Waals surface area (Å²) in [5, 5.41) is 2.69. The van der Waals surface area contributed by atoms with Gasteiger partial charge in [-0.05, 0) is 36.4 Å². The number of carbonyl (C=O) groups excluding carboxylic acids is 2. The summed E-state index contributed by atoms with van der Waals surface area (Å²) < 4.78 is 42.9. The van der Waals surface area contributed by atoms with Gasteiger partial charge < -0.3 is 24.9 Å². The normalized spacial score (nSPS) is 10.7. The van der Waals surface area contributed by atoms with Crippen LogP contribution in [0.1, 0.15) is 20.9 Å². The van der Waals surface area contributed by atoms with Gasteiger partial charge >= 0.3 is 0 Å². The van der Waals surface area contributed by atoms with Crippen LogP contribution in [-0.2, 0) is 0 Å². The summed E-state index contributed by atoms with van der Waals surface area (Å²) in [6, 6.07) is 10.2. The molecule has 4 rings (SSSR count). The second-order valence-corrected chi connectivity index (χ2v) is 6.55. The molecular formula is C22H15F2N3O5. The number of pyridine rings is 1. The number of furan rings is 1. The largest absolute Gasteiger partial charge is 0.493 e. The average molecular weight is 439 g/mol. The molecule has 0 radical (unpaired) electrons. The summed E-state index contributed by atoms with van der Waals surface area (Å²) in [5.41, 5.74) is 5.57. The average Bonchev–Trinajstić information content (AvgIpc) is 3.13. The van der Waals surface area contributed by atoms with Crippen molar-refractivity contribution in [3.05, 3.63) is 77.7 Å². The van der Waals surface area contributed by atoms with Crippen LogP contribution in [0.4, 0.5) is 14.5 Å². The van der Waals surface area contributed by atoms with Gasteiger partial charge in [0.15, 0.2) is 11.5 Å². The molecule has 0 aliphatic carbocycles. The van der Waals surface area contributed by atoms with Crippen LogP contribution < -0.4 is 20.5 Å². The molecule has 2 aromatic heterocycles. The van der Waals surface area contributed by atoms with Crippen LogP contribution in [0.15, 0.2) is 59.1 Å². The number of halogens is 2. The van der Waals surface area contributed by atoms with E-state index < -0.39 is 23.4 Å². The van der Waals surface area contributed by atoms with Crippen LogP contribution in [0.3, 0.4) is 0 Å². The van der Waals surface area contributed by atoms with Gasteiger partial charge in [0.2, 0.25) is 11.6 Å². The van der Waals surface area contributed by atoms with E-state index in [1.165, 1.54) is 43.6 Å². The third-order valence-corrected chi connectivity index (χ3v) is 4.45. The first-order valence-electron chi connectivity index (χ1n) is 9.16. The number of hydrogen-bond donors (Lipinski definition) is 2. The predicted octanol–water partition coefficient (Wildman–Crippen LogP) is 4.26. The summed E-state index contributed by atoms with van der Waals surface area (Å²) in [6.45, 7) is 0. The summed E-state index contributed by atoms with van der Waals surface area (Å²) in [6.07, 6.45) is 1.23. The van der Waals surface area contributed by atoms with Gasteiger partial charge in [-0.2, -0.15) is 0 Å². The van der Waals surface area contributed by atoms with Crippen LogP contribution in [0.5, 0.6) is 17.4 Å². The Bertz CT molecular complexity index is 1340. The number of nitrogens with zero attached hydrogens (tertiary/aromatic N) is 1. The lowest BCUT2D eigenvalue weighted by Gasteiger charge is -2.10. The fraction of sp³-hybridized carbons (Fsp3) is 0.0455. The summed E-state index contributed by atoms with van der Waals surface area (Å²) >= 11 is 0. The van der Waals surface area contributed by atoms with E-state index in [0.29, 0.717) is 0 Å². The molecule has 0 bridgehead atoms. The highest BCUT2D eigenvalue weighted by Crippen LogP contribution is 2.33. The summed E-state index contributed by atoms with van der Waals surface area (Å²) in [7, 11) is 1.37. The van der Waals surface area contributed by atoms with Gasteiger partial charge in [0, 0.05) is 23.7 Å². The van der Waals surface area contributed by atoms with E-state index in [-0.39, 0.29) is 45.4 Å². The van der Waals surface area contributed by atoms with Gasteiger partial charge in [-0.3, -0.25) is 9.59 Å². The Morgan fingerprint density at radius 3 is 2.47 bits per heavy atom. The van der Waals surface area contributed by atoms with E-state index >= 15 is 0 Å². The molecule has 0 unspecified atom stereocenters. The number of ether oxygens (including phenoxy) is 2. The van der Waals surface area contributed by atoms with Gasteiger partial charge in [-0.25, -0.2) is 13.8 Å². The number of fused-ring (bicyclic) bond motifs is 1. The Morgan fingerprint density at radius 2 is 1.78 bits per heavy atom. The zero-order valence-corrected chi connectivity index (χ0v) is 16.5. The molecule has 10 heteroatoms. The van der Waals surface area contributed by atoms with Crippen molar-refractivity contribution in [1.82, 2.24) is 4.98 Å². The standard InChI is InChI=1S/C22H15F2N3O5/c1-30-17-9-13(24)4-6-16(17)31-18-7-2-11(10-26-18)22(29)27-19-14-8-12(23)3-5-15(14)32-20(19)21(25)28/h2-10H,1H3,(H2,25,28)(H,27,29). The lowest BCUT2D eigenvalue weighted by Crippen LogP contribution is -2.17. The van der Waals surface area contributed by atoms with E-state index in [2.05, 4.69) is 10.3 Å². The molecule has 0 saturated carbocycles. The highest BCUT2D eigenvalue weighted by Gasteiger charge is 2.21. The first-order chi connectivity index (χ1) is 15.4. The van der Waals surface area contributed by atoms with Gasteiger partial charge in [0.25, 0.3) is 11.8 Å². The van der Waals surface area contributed by atoms with E-state index in [9.17, 15) is 18.4 Å². The molecule has 0 aliphatic rings. The number of aromatic nitrogens is 1. The minimum Gasteiger partial charge on any atom is -0.493 e. The highest BCUT2D eigenvalue weighted by atomic mass is 19.1. The SMILES string of the molecule is COc1cc(F)ccc1Oc1ccc(C(=O)Nc2c(C(N)=O)oc3ccc(F)cc23)cn1. The van der Waals surface area contributed by atoms with Gasteiger partial charge in [0.1, 0.15) is 22.9 Å². The number of anilines is 1. The number of primary amides is 1. The molecule has 8 nitrogen and oxygen atoms in total.